The van der Waals surface area contributed by atoms with Gasteiger partial charge in [-0.05, 0) is 88.9 Å². The summed E-state index contributed by atoms with van der Waals surface area (Å²) in [6.45, 7) is 17.4. The Morgan fingerprint density at radius 3 is 1.62 bits per heavy atom. The van der Waals surface area contributed by atoms with Gasteiger partial charge in [0, 0.05) is 12.3 Å². The van der Waals surface area contributed by atoms with Gasteiger partial charge in [-0.15, -0.1) is 0 Å². The molecule has 0 N–H and O–H groups in total. The van der Waals surface area contributed by atoms with Crippen LogP contribution in [-0.2, 0) is 16.2 Å². The SMILES string of the molecule is Cc1nc(C)n(-c2cccc(Oc3cccc(C(c4ccc(C(C)(C)C)cc4)(c4ccc(C(C)(C)C)cc4)c4ccccn4)c3)c2)n1. The van der Waals surface area contributed by atoms with Crippen LogP contribution in [0.3, 0.4) is 0 Å². The van der Waals surface area contributed by atoms with Gasteiger partial charge in [0.05, 0.1) is 16.8 Å². The van der Waals surface area contributed by atoms with Crippen LogP contribution in [0, 0.1) is 13.8 Å². The predicted molar refractivity (Wildman–Crippen MR) is 191 cm³/mol. The zero-order valence-electron chi connectivity index (χ0n) is 28.7. The minimum atomic E-state index is -0.704. The first kappa shape index (κ1) is 31.9. The summed E-state index contributed by atoms with van der Waals surface area (Å²) in [5, 5.41) is 4.56. The number of hydrogen-bond donors (Lipinski definition) is 0. The van der Waals surface area contributed by atoms with Crippen molar-refractivity contribution in [1.29, 1.82) is 0 Å². The summed E-state index contributed by atoms with van der Waals surface area (Å²) >= 11 is 0. The summed E-state index contributed by atoms with van der Waals surface area (Å²) in [6, 6.07) is 40.7. The number of aromatic nitrogens is 4. The Morgan fingerprint density at radius 2 is 1.11 bits per heavy atom. The van der Waals surface area contributed by atoms with E-state index in [1.54, 1.807) is 0 Å². The lowest BCUT2D eigenvalue weighted by atomic mass is 9.66. The largest absolute Gasteiger partial charge is 0.457 e. The van der Waals surface area contributed by atoms with Crippen molar-refractivity contribution in [1.82, 2.24) is 19.7 Å². The highest BCUT2D eigenvalue weighted by atomic mass is 16.5. The van der Waals surface area contributed by atoms with E-state index in [1.165, 1.54) is 11.1 Å². The van der Waals surface area contributed by atoms with Gasteiger partial charge < -0.3 is 4.74 Å². The number of hydrogen-bond acceptors (Lipinski definition) is 4. The predicted octanol–water partition coefficient (Wildman–Crippen LogP) is 10.0. The summed E-state index contributed by atoms with van der Waals surface area (Å²) in [5.74, 6) is 3.03. The zero-order chi connectivity index (χ0) is 33.4. The van der Waals surface area contributed by atoms with Crippen molar-refractivity contribution in [2.24, 2.45) is 0 Å². The smallest absolute Gasteiger partial charge is 0.148 e. The van der Waals surface area contributed by atoms with Crippen LogP contribution in [0.2, 0.25) is 0 Å². The van der Waals surface area contributed by atoms with Crippen molar-refractivity contribution in [3.8, 4) is 17.2 Å². The molecule has 6 rings (SSSR count). The van der Waals surface area contributed by atoms with Gasteiger partial charge in [0.1, 0.15) is 23.1 Å². The van der Waals surface area contributed by atoms with E-state index in [9.17, 15) is 0 Å². The molecular formula is C42H44N4O. The molecule has 0 radical (unpaired) electrons. The van der Waals surface area contributed by atoms with Gasteiger partial charge in [0.2, 0.25) is 0 Å². The van der Waals surface area contributed by atoms with Crippen LogP contribution in [0.4, 0.5) is 0 Å². The standard InChI is InChI=1S/C42H44N4O/c1-29-44-30(2)46(45-29)36-14-12-16-38(28-36)47-37-15-11-13-35(27-37)42(39-17-9-10-26-43-39,33-22-18-31(19-23-33)40(3,4)5)34-24-20-32(21-25-34)41(6,7)8/h9-28H,1-8H3. The van der Waals surface area contributed by atoms with E-state index in [-0.39, 0.29) is 10.8 Å². The van der Waals surface area contributed by atoms with Crippen LogP contribution in [0.15, 0.2) is 121 Å². The fourth-order valence-electron chi connectivity index (χ4n) is 6.34. The molecule has 0 bridgehead atoms. The third kappa shape index (κ3) is 6.35. The summed E-state index contributed by atoms with van der Waals surface area (Å²) in [6.07, 6.45) is 1.89. The van der Waals surface area contributed by atoms with E-state index < -0.39 is 5.41 Å². The minimum Gasteiger partial charge on any atom is -0.457 e. The third-order valence-electron chi connectivity index (χ3n) is 8.86. The van der Waals surface area contributed by atoms with Crippen molar-refractivity contribution in [2.45, 2.75) is 71.6 Å². The van der Waals surface area contributed by atoms with Gasteiger partial charge >= 0.3 is 0 Å². The molecule has 0 fully saturated rings. The molecule has 0 saturated heterocycles. The summed E-state index contributed by atoms with van der Waals surface area (Å²) < 4.78 is 8.42. The van der Waals surface area contributed by atoms with E-state index >= 15 is 0 Å². The highest BCUT2D eigenvalue weighted by molar-refractivity contribution is 5.60. The van der Waals surface area contributed by atoms with Crippen LogP contribution in [0.5, 0.6) is 11.5 Å². The monoisotopic (exact) mass is 620 g/mol. The second-order valence-corrected chi connectivity index (χ2v) is 14.4. The van der Waals surface area contributed by atoms with Gasteiger partial charge in [-0.25, -0.2) is 9.67 Å². The normalized spacial score (nSPS) is 12.3. The number of benzene rings is 4. The molecule has 238 valence electrons. The second-order valence-electron chi connectivity index (χ2n) is 14.4. The van der Waals surface area contributed by atoms with Gasteiger partial charge in [0.25, 0.3) is 0 Å². The van der Waals surface area contributed by atoms with Crippen LogP contribution >= 0.6 is 0 Å². The number of rotatable bonds is 7. The molecule has 0 atom stereocenters. The molecule has 47 heavy (non-hydrogen) atoms. The molecule has 0 aliphatic heterocycles. The topological polar surface area (TPSA) is 52.8 Å². The van der Waals surface area contributed by atoms with E-state index in [0.717, 1.165) is 51.2 Å². The quantitative estimate of drug-likeness (QED) is 0.167. The fraction of sp³-hybridized carbons (Fsp3) is 0.262. The van der Waals surface area contributed by atoms with Crippen molar-refractivity contribution < 1.29 is 4.74 Å². The Bertz CT molecular complexity index is 1920. The van der Waals surface area contributed by atoms with E-state index in [4.69, 9.17) is 9.72 Å². The number of pyridine rings is 1. The van der Waals surface area contributed by atoms with E-state index in [1.807, 2.05) is 61.1 Å². The Labute approximate surface area is 279 Å². The first-order valence-electron chi connectivity index (χ1n) is 16.3. The van der Waals surface area contributed by atoms with Crippen LogP contribution < -0.4 is 4.74 Å². The molecule has 6 aromatic rings. The van der Waals surface area contributed by atoms with Crippen LogP contribution in [0.1, 0.15) is 86.7 Å². The summed E-state index contributed by atoms with van der Waals surface area (Å²) in [5.41, 5.74) is 7.14. The van der Waals surface area contributed by atoms with Gasteiger partial charge in [-0.3, -0.25) is 4.98 Å². The molecule has 0 aliphatic rings. The Kier molecular flexibility index (Phi) is 8.35. The second kappa shape index (κ2) is 12.3. The van der Waals surface area contributed by atoms with Crippen LogP contribution in [-0.4, -0.2) is 19.7 Å². The molecule has 0 spiro atoms. The first-order valence-corrected chi connectivity index (χ1v) is 16.3. The maximum atomic E-state index is 6.58. The molecule has 0 unspecified atom stereocenters. The van der Waals surface area contributed by atoms with Gasteiger partial charge in [-0.1, -0.05) is 114 Å². The maximum Gasteiger partial charge on any atom is 0.148 e. The number of aryl methyl sites for hydroxylation is 2. The lowest BCUT2D eigenvalue weighted by molar-refractivity contribution is 0.480. The molecule has 0 amide bonds. The number of nitrogens with zero attached hydrogens (tertiary/aromatic N) is 4. The molecular weight excluding hydrogens is 576 g/mol. The molecule has 2 aromatic heterocycles. The Balaban J connectivity index is 1.53. The summed E-state index contributed by atoms with van der Waals surface area (Å²) in [7, 11) is 0. The van der Waals surface area contributed by atoms with E-state index in [2.05, 4.69) is 130 Å². The highest BCUT2D eigenvalue weighted by Crippen LogP contribution is 2.46. The van der Waals surface area contributed by atoms with E-state index in [0.29, 0.717) is 0 Å². The summed E-state index contributed by atoms with van der Waals surface area (Å²) in [4.78, 5) is 9.50. The third-order valence-corrected chi connectivity index (χ3v) is 8.86. The maximum absolute atomic E-state index is 6.58. The number of ether oxygens (including phenoxy) is 1. The fourth-order valence-corrected chi connectivity index (χ4v) is 6.34. The molecule has 0 saturated carbocycles. The molecule has 5 nitrogen and oxygen atoms in total. The van der Waals surface area contributed by atoms with Crippen molar-refractivity contribution in [2.75, 3.05) is 0 Å². The Morgan fingerprint density at radius 1 is 0.553 bits per heavy atom. The lowest BCUT2D eigenvalue weighted by Crippen LogP contribution is -2.32. The van der Waals surface area contributed by atoms with Crippen molar-refractivity contribution in [3.63, 3.8) is 0 Å². The lowest BCUT2D eigenvalue weighted by Gasteiger charge is -2.36. The van der Waals surface area contributed by atoms with Gasteiger partial charge in [-0.2, -0.15) is 5.10 Å². The van der Waals surface area contributed by atoms with Crippen LogP contribution in [0.25, 0.3) is 5.69 Å². The van der Waals surface area contributed by atoms with Crippen molar-refractivity contribution >= 4 is 0 Å². The minimum absolute atomic E-state index is 0.0340. The molecule has 4 aromatic carbocycles. The first-order chi connectivity index (χ1) is 22.4. The molecule has 0 aliphatic carbocycles. The average Bonchev–Trinajstić information content (AvgIpc) is 3.39. The average molecular weight is 621 g/mol. The highest BCUT2D eigenvalue weighted by Gasteiger charge is 2.40. The Hall–Kier alpha value is -5.03. The zero-order valence-corrected chi connectivity index (χ0v) is 28.7. The van der Waals surface area contributed by atoms with Crippen molar-refractivity contribution in [3.05, 3.63) is 167 Å². The molecule has 2 heterocycles. The molecule has 5 heteroatoms. The van der Waals surface area contributed by atoms with Gasteiger partial charge in [0.15, 0.2) is 0 Å².